The van der Waals surface area contributed by atoms with Crippen LogP contribution in [0.1, 0.15) is 18.4 Å². The van der Waals surface area contributed by atoms with Crippen molar-refractivity contribution in [2.24, 2.45) is 0 Å². The highest BCUT2D eigenvalue weighted by Gasteiger charge is 2.13. The Bertz CT molecular complexity index is 408. The van der Waals surface area contributed by atoms with Crippen LogP contribution in [0.2, 0.25) is 0 Å². The van der Waals surface area contributed by atoms with Crippen LogP contribution in [-0.4, -0.2) is 36.1 Å². The van der Waals surface area contributed by atoms with Crippen molar-refractivity contribution >= 4 is 18.0 Å². The zero-order valence-corrected chi connectivity index (χ0v) is 9.80. The Morgan fingerprint density at radius 1 is 1.35 bits per heavy atom. The third-order valence-electron chi connectivity index (χ3n) is 2.66. The Balaban J connectivity index is 2.02. The van der Waals surface area contributed by atoms with E-state index in [-0.39, 0.29) is 5.97 Å². The summed E-state index contributed by atoms with van der Waals surface area (Å²) >= 11 is 0. The van der Waals surface area contributed by atoms with E-state index in [9.17, 15) is 4.79 Å². The number of aromatic nitrogens is 2. The molecule has 5 heteroatoms. The molecule has 17 heavy (non-hydrogen) atoms. The van der Waals surface area contributed by atoms with Crippen LogP contribution in [0.5, 0.6) is 0 Å². The van der Waals surface area contributed by atoms with Gasteiger partial charge in [0.25, 0.3) is 0 Å². The Morgan fingerprint density at radius 2 is 2.00 bits per heavy atom. The highest BCUT2D eigenvalue weighted by Crippen LogP contribution is 2.14. The molecule has 5 nitrogen and oxygen atoms in total. The van der Waals surface area contributed by atoms with Crippen LogP contribution in [0.3, 0.4) is 0 Å². The average molecular weight is 233 g/mol. The van der Waals surface area contributed by atoms with Gasteiger partial charge in [-0.1, -0.05) is 0 Å². The third kappa shape index (κ3) is 3.03. The van der Waals surface area contributed by atoms with E-state index >= 15 is 0 Å². The first-order chi connectivity index (χ1) is 8.29. The minimum absolute atomic E-state index is 0.381. The van der Waals surface area contributed by atoms with Crippen molar-refractivity contribution in [3.8, 4) is 0 Å². The molecule has 2 rings (SSSR count). The second kappa shape index (κ2) is 5.43. The predicted molar refractivity (Wildman–Crippen MR) is 64.5 cm³/mol. The molecule has 0 aliphatic carbocycles. The summed E-state index contributed by atoms with van der Waals surface area (Å²) in [5, 5.41) is 0. The monoisotopic (exact) mass is 233 g/mol. The van der Waals surface area contributed by atoms with Gasteiger partial charge in [0.1, 0.15) is 0 Å². The van der Waals surface area contributed by atoms with Crippen molar-refractivity contribution in [2.75, 3.05) is 25.1 Å². The summed E-state index contributed by atoms with van der Waals surface area (Å²) in [5.41, 5.74) is 0.790. The molecule has 1 aromatic heterocycles. The first-order valence-electron chi connectivity index (χ1n) is 5.62. The number of anilines is 1. The van der Waals surface area contributed by atoms with Gasteiger partial charge in [0.15, 0.2) is 0 Å². The predicted octanol–water partition coefficient (Wildman–Crippen LogP) is 1.26. The van der Waals surface area contributed by atoms with Gasteiger partial charge in [-0.15, -0.1) is 0 Å². The molecule has 0 saturated carbocycles. The summed E-state index contributed by atoms with van der Waals surface area (Å²) in [7, 11) is 1.35. The van der Waals surface area contributed by atoms with Gasteiger partial charge in [-0.05, 0) is 18.9 Å². The molecule has 90 valence electrons. The zero-order valence-electron chi connectivity index (χ0n) is 9.80. The molecule has 1 fully saturated rings. The molecule has 1 aliphatic heterocycles. The second-order valence-corrected chi connectivity index (χ2v) is 3.87. The summed E-state index contributed by atoms with van der Waals surface area (Å²) in [5.74, 6) is 0.381. The number of hydrogen-bond donors (Lipinski definition) is 0. The quantitative estimate of drug-likeness (QED) is 0.581. The lowest BCUT2D eigenvalue weighted by atomic mass is 10.3. The van der Waals surface area contributed by atoms with E-state index in [4.69, 9.17) is 0 Å². The Hall–Kier alpha value is -1.91. The van der Waals surface area contributed by atoms with E-state index in [1.165, 1.54) is 26.0 Å². The van der Waals surface area contributed by atoms with E-state index in [1.54, 1.807) is 18.5 Å². The standard InChI is InChI=1S/C12H15N3O2/c1-17-11(16)5-4-10-8-13-12(14-9-10)15-6-2-3-7-15/h4-5,8-9H,2-3,6-7H2,1H3. The summed E-state index contributed by atoms with van der Waals surface area (Å²) in [6.07, 6.45) is 8.81. The molecule has 2 heterocycles. The first kappa shape index (κ1) is 11.6. The van der Waals surface area contributed by atoms with Crippen LogP contribution < -0.4 is 4.90 Å². The molecule has 1 aliphatic rings. The van der Waals surface area contributed by atoms with Crippen molar-refractivity contribution in [3.05, 3.63) is 24.0 Å². The fraction of sp³-hybridized carbons (Fsp3) is 0.417. The minimum Gasteiger partial charge on any atom is -0.466 e. The molecule has 0 N–H and O–H groups in total. The van der Waals surface area contributed by atoms with Crippen LogP contribution in [0.4, 0.5) is 5.95 Å². The molecule has 0 bridgehead atoms. The highest BCUT2D eigenvalue weighted by atomic mass is 16.5. The van der Waals surface area contributed by atoms with Gasteiger partial charge in [0.05, 0.1) is 7.11 Å². The summed E-state index contributed by atoms with van der Waals surface area (Å²) in [6, 6.07) is 0. The van der Waals surface area contributed by atoms with Crippen LogP contribution >= 0.6 is 0 Å². The third-order valence-corrected chi connectivity index (χ3v) is 2.66. The fourth-order valence-electron chi connectivity index (χ4n) is 1.73. The molecule has 0 atom stereocenters. The lowest BCUT2D eigenvalue weighted by Crippen LogP contribution is -2.20. The lowest BCUT2D eigenvalue weighted by molar-refractivity contribution is -0.134. The number of nitrogens with zero attached hydrogens (tertiary/aromatic N) is 3. The maximum Gasteiger partial charge on any atom is 0.330 e. The number of esters is 1. The highest BCUT2D eigenvalue weighted by molar-refractivity contribution is 5.86. The van der Waals surface area contributed by atoms with Gasteiger partial charge in [-0.2, -0.15) is 0 Å². The van der Waals surface area contributed by atoms with Crippen LogP contribution in [0.15, 0.2) is 18.5 Å². The maximum atomic E-state index is 10.9. The van der Waals surface area contributed by atoms with Crippen molar-refractivity contribution in [1.82, 2.24) is 9.97 Å². The number of carbonyl (C=O) groups is 1. The van der Waals surface area contributed by atoms with Crippen LogP contribution in [0, 0.1) is 0 Å². The van der Waals surface area contributed by atoms with Gasteiger partial charge in [0.2, 0.25) is 5.95 Å². The Labute approximate surface area is 100 Å². The minimum atomic E-state index is -0.381. The molecule has 0 amide bonds. The molecule has 0 spiro atoms. The van der Waals surface area contributed by atoms with Gasteiger partial charge >= 0.3 is 5.97 Å². The normalized spacial score (nSPS) is 15.5. The lowest BCUT2D eigenvalue weighted by Gasteiger charge is -2.14. The zero-order chi connectivity index (χ0) is 12.1. The molecule has 0 aromatic carbocycles. The molecule has 0 radical (unpaired) electrons. The van der Waals surface area contributed by atoms with Crippen LogP contribution in [0.25, 0.3) is 6.08 Å². The number of methoxy groups -OCH3 is 1. The molecule has 1 saturated heterocycles. The van der Waals surface area contributed by atoms with Crippen molar-refractivity contribution < 1.29 is 9.53 Å². The van der Waals surface area contributed by atoms with E-state index in [0.717, 1.165) is 24.6 Å². The fourth-order valence-corrected chi connectivity index (χ4v) is 1.73. The molecular formula is C12H15N3O2. The molecule has 0 unspecified atom stereocenters. The smallest absolute Gasteiger partial charge is 0.330 e. The van der Waals surface area contributed by atoms with Gasteiger partial charge in [-0.25, -0.2) is 14.8 Å². The largest absolute Gasteiger partial charge is 0.466 e. The van der Waals surface area contributed by atoms with Crippen molar-refractivity contribution in [1.29, 1.82) is 0 Å². The van der Waals surface area contributed by atoms with E-state index < -0.39 is 0 Å². The second-order valence-electron chi connectivity index (χ2n) is 3.87. The van der Waals surface area contributed by atoms with E-state index in [1.807, 2.05) is 0 Å². The maximum absolute atomic E-state index is 10.9. The number of ether oxygens (including phenoxy) is 1. The van der Waals surface area contributed by atoms with Crippen molar-refractivity contribution in [2.45, 2.75) is 12.8 Å². The number of hydrogen-bond acceptors (Lipinski definition) is 5. The average Bonchev–Trinajstić information content (AvgIpc) is 2.90. The number of carbonyl (C=O) groups excluding carboxylic acids is 1. The summed E-state index contributed by atoms with van der Waals surface area (Å²) in [4.78, 5) is 21.6. The van der Waals surface area contributed by atoms with Gasteiger partial charge in [-0.3, -0.25) is 0 Å². The first-order valence-corrected chi connectivity index (χ1v) is 5.62. The number of rotatable bonds is 3. The van der Waals surface area contributed by atoms with E-state index in [2.05, 4.69) is 19.6 Å². The van der Waals surface area contributed by atoms with Gasteiger partial charge < -0.3 is 9.64 Å². The Kier molecular flexibility index (Phi) is 3.69. The topological polar surface area (TPSA) is 55.3 Å². The Morgan fingerprint density at radius 3 is 2.59 bits per heavy atom. The van der Waals surface area contributed by atoms with E-state index in [0.29, 0.717) is 0 Å². The SMILES string of the molecule is COC(=O)C=Cc1cnc(N2CCCC2)nc1. The van der Waals surface area contributed by atoms with Crippen molar-refractivity contribution in [3.63, 3.8) is 0 Å². The summed E-state index contributed by atoms with van der Waals surface area (Å²) < 4.78 is 4.50. The molecule has 1 aromatic rings. The summed E-state index contributed by atoms with van der Waals surface area (Å²) in [6.45, 7) is 2.05. The molecular weight excluding hydrogens is 218 g/mol. The van der Waals surface area contributed by atoms with Crippen LogP contribution in [-0.2, 0) is 9.53 Å². The van der Waals surface area contributed by atoms with Gasteiger partial charge in [0, 0.05) is 37.1 Å².